The number of anilines is 1. The van der Waals surface area contributed by atoms with E-state index in [2.05, 4.69) is 10.1 Å². The van der Waals surface area contributed by atoms with E-state index in [9.17, 15) is 14.4 Å². The lowest BCUT2D eigenvalue weighted by atomic mass is 10.2. The predicted octanol–water partition coefficient (Wildman–Crippen LogP) is 0.907. The van der Waals surface area contributed by atoms with E-state index in [4.69, 9.17) is 4.74 Å². The van der Waals surface area contributed by atoms with Crippen molar-refractivity contribution >= 4 is 23.5 Å². The van der Waals surface area contributed by atoms with Gasteiger partial charge < -0.3 is 19.7 Å². The van der Waals surface area contributed by atoms with Crippen molar-refractivity contribution < 1.29 is 23.9 Å². The monoisotopic (exact) mass is 308 g/mol. The lowest BCUT2D eigenvalue weighted by Gasteiger charge is -2.20. The molecule has 0 spiro atoms. The zero-order chi connectivity index (χ0) is 16.5. The van der Waals surface area contributed by atoms with E-state index in [0.717, 1.165) is 0 Å². The summed E-state index contributed by atoms with van der Waals surface area (Å²) in [5.41, 5.74) is 0.596. The van der Waals surface area contributed by atoms with E-state index >= 15 is 0 Å². The SMILES string of the molecule is COCCN(CC(=O)Nc1ccccc1C(=O)OC)C(C)=O. The Hall–Kier alpha value is -2.41. The van der Waals surface area contributed by atoms with Gasteiger partial charge in [-0.25, -0.2) is 4.79 Å². The van der Waals surface area contributed by atoms with Crippen LogP contribution in [0.25, 0.3) is 0 Å². The number of ether oxygens (including phenoxy) is 2. The largest absolute Gasteiger partial charge is 0.465 e. The van der Waals surface area contributed by atoms with Gasteiger partial charge in [0.25, 0.3) is 0 Å². The molecule has 0 heterocycles. The minimum atomic E-state index is -0.543. The van der Waals surface area contributed by atoms with Gasteiger partial charge in [0.05, 0.1) is 31.5 Å². The molecule has 1 aromatic carbocycles. The predicted molar refractivity (Wildman–Crippen MR) is 80.5 cm³/mol. The maximum atomic E-state index is 12.1. The molecule has 7 heteroatoms. The van der Waals surface area contributed by atoms with Crippen LogP contribution in [0.5, 0.6) is 0 Å². The van der Waals surface area contributed by atoms with Gasteiger partial charge in [0.15, 0.2) is 0 Å². The zero-order valence-corrected chi connectivity index (χ0v) is 12.9. The normalized spacial score (nSPS) is 9.95. The molecule has 0 unspecified atom stereocenters. The second kappa shape index (κ2) is 8.78. The average molecular weight is 308 g/mol. The van der Waals surface area contributed by atoms with Gasteiger partial charge in [-0.2, -0.15) is 0 Å². The third kappa shape index (κ3) is 5.17. The van der Waals surface area contributed by atoms with E-state index in [-0.39, 0.29) is 18.0 Å². The quantitative estimate of drug-likeness (QED) is 0.757. The number of hydrogen-bond donors (Lipinski definition) is 1. The lowest BCUT2D eigenvalue weighted by molar-refractivity contribution is -0.133. The summed E-state index contributed by atoms with van der Waals surface area (Å²) >= 11 is 0. The summed E-state index contributed by atoms with van der Waals surface area (Å²) in [4.78, 5) is 36.5. The Kier molecular flexibility index (Phi) is 7.04. The van der Waals surface area contributed by atoms with Crippen molar-refractivity contribution in [3.63, 3.8) is 0 Å². The van der Waals surface area contributed by atoms with Crippen LogP contribution in [0, 0.1) is 0 Å². The summed E-state index contributed by atoms with van der Waals surface area (Å²) in [5, 5.41) is 2.61. The van der Waals surface area contributed by atoms with Crippen LogP contribution in [0.3, 0.4) is 0 Å². The number of para-hydroxylation sites is 1. The van der Waals surface area contributed by atoms with E-state index < -0.39 is 11.9 Å². The Balaban J connectivity index is 2.76. The number of esters is 1. The van der Waals surface area contributed by atoms with E-state index in [0.29, 0.717) is 18.8 Å². The number of nitrogens with zero attached hydrogens (tertiary/aromatic N) is 1. The number of carbonyl (C=O) groups excluding carboxylic acids is 3. The summed E-state index contributed by atoms with van der Waals surface area (Å²) in [7, 11) is 2.79. The topological polar surface area (TPSA) is 84.9 Å². The maximum absolute atomic E-state index is 12.1. The molecule has 1 aromatic rings. The Labute approximate surface area is 129 Å². The van der Waals surface area contributed by atoms with Crippen LogP contribution >= 0.6 is 0 Å². The molecular weight excluding hydrogens is 288 g/mol. The summed E-state index contributed by atoms with van der Waals surface area (Å²) < 4.78 is 9.56. The molecule has 0 bridgehead atoms. The fraction of sp³-hybridized carbons (Fsp3) is 0.400. The minimum Gasteiger partial charge on any atom is -0.465 e. The number of benzene rings is 1. The van der Waals surface area contributed by atoms with Crippen LogP contribution < -0.4 is 5.32 Å². The Morgan fingerprint density at radius 3 is 2.45 bits per heavy atom. The van der Waals surface area contributed by atoms with Crippen molar-refractivity contribution in [1.82, 2.24) is 4.90 Å². The second-order valence-corrected chi connectivity index (χ2v) is 4.52. The Bertz CT molecular complexity index is 544. The van der Waals surface area contributed by atoms with Gasteiger partial charge in [0, 0.05) is 20.6 Å². The van der Waals surface area contributed by atoms with Crippen molar-refractivity contribution in [2.75, 3.05) is 39.2 Å². The van der Waals surface area contributed by atoms with Gasteiger partial charge in [0.1, 0.15) is 0 Å². The van der Waals surface area contributed by atoms with E-state index in [1.54, 1.807) is 24.3 Å². The van der Waals surface area contributed by atoms with Crippen molar-refractivity contribution in [2.24, 2.45) is 0 Å². The molecule has 0 saturated carbocycles. The van der Waals surface area contributed by atoms with Gasteiger partial charge in [-0.05, 0) is 12.1 Å². The highest BCUT2D eigenvalue weighted by atomic mass is 16.5. The van der Waals surface area contributed by atoms with Crippen LogP contribution in [0.2, 0.25) is 0 Å². The summed E-state index contributed by atoms with van der Waals surface area (Å²) in [5.74, 6) is -1.17. The molecule has 0 aliphatic carbocycles. The highest BCUT2D eigenvalue weighted by Crippen LogP contribution is 2.15. The number of carbonyl (C=O) groups is 3. The molecule has 0 aliphatic rings. The molecule has 0 fully saturated rings. The standard InChI is InChI=1S/C15H20N2O5/c1-11(18)17(8-9-21-2)10-14(19)16-13-7-5-4-6-12(13)15(20)22-3/h4-7H,8-10H2,1-3H3,(H,16,19). The van der Waals surface area contributed by atoms with Crippen molar-refractivity contribution in [2.45, 2.75) is 6.92 Å². The second-order valence-electron chi connectivity index (χ2n) is 4.52. The van der Waals surface area contributed by atoms with Crippen LogP contribution in [0.4, 0.5) is 5.69 Å². The van der Waals surface area contributed by atoms with Crippen LogP contribution in [0.15, 0.2) is 24.3 Å². The number of amides is 2. The highest BCUT2D eigenvalue weighted by Gasteiger charge is 2.16. The molecule has 1 N–H and O–H groups in total. The first-order valence-corrected chi connectivity index (χ1v) is 6.71. The molecule has 0 aromatic heterocycles. The van der Waals surface area contributed by atoms with Crippen molar-refractivity contribution in [3.05, 3.63) is 29.8 Å². The number of nitrogens with one attached hydrogen (secondary N) is 1. The smallest absolute Gasteiger partial charge is 0.339 e. The summed E-state index contributed by atoms with van der Waals surface area (Å²) in [6.45, 7) is 1.92. The highest BCUT2D eigenvalue weighted by molar-refractivity contribution is 6.02. The number of methoxy groups -OCH3 is 2. The molecule has 0 saturated heterocycles. The fourth-order valence-corrected chi connectivity index (χ4v) is 1.79. The molecule has 0 radical (unpaired) electrons. The van der Waals surface area contributed by atoms with Crippen LogP contribution in [0.1, 0.15) is 17.3 Å². The zero-order valence-electron chi connectivity index (χ0n) is 12.9. The van der Waals surface area contributed by atoms with Crippen LogP contribution in [-0.4, -0.2) is 56.6 Å². The van der Waals surface area contributed by atoms with E-state index in [1.807, 2.05) is 0 Å². The third-order valence-corrected chi connectivity index (χ3v) is 2.95. The molecule has 2 amide bonds. The van der Waals surface area contributed by atoms with Gasteiger partial charge in [-0.1, -0.05) is 12.1 Å². The van der Waals surface area contributed by atoms with Crippen molar-refractivity contribution in [1.29, 1.82) is 0 Å². The molecule has 22 heavy (non-hydrogen) atoms. The first kappa shape index (κ1) is 17.6. The van der Waals surface area contributed by atoms with Crippen molar-refractivity contribution in [3.8, 4) is 0 Å². The number of hydrogen-bond acceptors (Lipinski definition) is 5. The average Bonchev–Trinajstić information content (AvgIpc) is 2.50. The Morgan fingerprint density at radius 1 is 1.18 bits per heavy atom. The van der Waals surface area contributed by atoms with Gasteiger partial charge in [0.2, 0.25) is 11.8 Å². The first-order valence-electron chi connectivity index (χ1n) is 6.71. The molecule has 1 rings (SSSR count). The Morgan fingerprint density at radius 2 is 1.86 bits per heavy atom. The molecule has 120 valence electrons. The number of rotatable bonds is 7. The third-order valence-electron chi connectivity index (χ3n) is 2.95. The van der Waals surface area contributed by atoms with E-state index in [1.165, 1.54) is 26.0 Å². The minimum absolute atomic E-state index is 0.117. The molecular formula is C15H20N2O5. The fourth-order valence-electron chi connectivity index (χ4n) is 1.79. The van der Waals surface area contributed by atoms with Gasteiger partial charge in [-0.15, -0.1) is 0 Å². The van der Waals surface area contributed by atoms with Crippen LogP contribution in [-0.2, 0) is 19.1 Å². The van der Waals surface area contributed by atoms with Gasteiger partial charge >= 0.3 is 5.97 Å². The molecule has 0 atom stereocenters. The summed E-state index contributed by atoms with van der Waals surface area (Å²) in [6.07, 6.45) is 0. The molecule has 0 aliphatic heterocycles. The maximum Gasteiger partial charge on any atom is 0.339 e. The first-order chi connectivity index (χ1) is 10.5. The lowest BCUT2D eigenvalue weighted by Crippen LogP contribution is -2.38. The van der Waals surface area contributed by atoms with Gasteiger partial charge in [-0.3, -0.25) is 9.59 Å². The summed E-state index contributed by atoms with van der Waals surface area (Å²) in [6, 6.07) is 6.50. The molecule has 7 nitrogen and oxygen atoms in total.